The van der Waals surface area contributed by atoms with Crippen molar-refractivity contribution in [1.82, 2.24) is 0 Å². The monoisotopic (exact) mass is 264 g/mol. The van der Waals surface area contributed by atoms with Crippen LogP contribution in [0.4, 0.5) is 8.78 Å². The third-order valence-electron chi connectivity index (χ3n) is 3.30. The molecule has 1 aliphatic rings. The van der Waals surface area contributed by atoms with Gasteiger partial charge in [-0.05, 0) is 30.7 Å². The zero-order chi connectivity index (χ0) is 13.6. The molecule has 2 atom stereocenters. The van der Waals surface area contributed by atoms with Gasteiger partial charge >= 0.3 is 5.97 Å². The first-order chi connectivity index (χ1) is 9.06. The lowest BCUT2D eigenvalue weighted by Gasteiger charge is -1.99. The van der Waals surface area contributed by atoms with Crippen molar-refractivity contribution in [3.8, 4) is 11.3 Å². The fraction of sp³-hybridized carbons (Fsp3) is 0.214. The quantitative estimate of drug-likeness (QED) is 0.924. The van der Waals surface area contributed by atoms with Crippen molar-refractivity contribution in [2.45, 2.75) is 12.3 Å². The molecule has 3 rings (SSSR count). The number of carboxylic acid groups (broad SMARTS) is 1. The van der Waals surface area contributed by atoms with Gasteiger partial charge in [-0.1, -0.05) is 0 Å². The molecule has 0 bridgehead atoms. The molecule has 5 heteroatoms. The molecule has 0 radical (unpaired) electrons. The van der Waals surface area contributed by atoms with Crippen LogP contribution in [0.3, 0.4) is 0 Å². The summed E-state index contributed by atoms with van der Waals surface area (Å²) in [5.74, 6) is -1.95. The molecule has 0 saturated heterocycles. The highest BCUT2D eigenvalue weighted by Gasteiger charge is 2.46. The summed E-state index contributed by atoms with van der Waals surface area (Å²) in [6, 6.07) is 6.45. The minimum absolute atomic E-state index is 0.144. The Morgan fingerprint density at radius 1 is 1.26 bits per heavy atom. The highest BCUT2D eigenvalue weighted by molar-refractivity contribution is 5.75. The Bertz CT molecular complexity index is 648. The molecule has 19 heavy (non-hydrogen) atoms. The molecule has 0 unspecified atom stereocenters. The number of hydrogen-bond acceptors (Lipinski definition) is 2. The third-order valence-corrected chi connectivity index (χ3v) is 3.30. The summed E-state index contributed by atoms with van der Waals surface area (Å²) in [7, 11) is 0. The number of halogens is 2. The van der Waals surface area contributed by atoms with Gasteiger partial charge in [0, 0.05) is 12.0 Å². The minimum Gasteiger partial charge on any atom is -0.481 e. The molecule has 1 fully saturated rings. The molecule has 1 heterocycles. The largest absolute Gasteiger partial charge is 0.481 e. The van der Waals surface area contributed by atoms with Gasteiger partial charge in [0.05, 0.1) is 11.5 Å². The normalized spacial score (nSPS) is 21.4. The molecular formula is C14H10F2O3. The van der Waals surface area contributed by atoms with Gasteiger partial charge in [-0.25, -0.2) is 8.78 Å². The van der Waals surface area contributed by atoms with E-state index in [1.54, 1.807) is 12.1 Å². The SMILES string of the molecule is O=C(O)[C@@H]1C[C@@H]1c1ccc(-c2ccc(F)cc2F)o1. The fourth-order valence-electron chi connectivity index (χ4n) is 2.17. The standard InChI is InChI=1S/C14H10F2O3/c15-7-1-2-8(11(16)5-7)12-3-4-13(19-12)9-6-10(9)14(17)18/h1-5,9-10H,6H2,(H,17,18)/t9-,10+/m0/s1. The van der Waals surface area contributed by atoms with Crippen molar-refractivity contribution < 1.29 is 23.1 Å². The number of hydrogen-bond donors (Lipinski definition) is 1. The maximum absolute atomic E-state index is 13.6. The Hall–Kier alpha value is -2.17. The van der Waals surface area contributed by atoms with Crippen molar-refractivity contribution in [3.63, 3.8) is 0 Å². The summed E-state index contributed by atoms with van der Waals surface area (Å²) >= 11 is 0. The molecule has 1 aromatic carbocycles. The van der Waals surface area contributed by atoms with E-state index in [4.69, 9.17) is 9.52 Å². The third kappa shape index (κ3) is 2.12. The highest BCUT2D eigenvalue weighted by Crippen LogP contribution is 2.48. The van der Waals surface area contributed by atoms with E-state index in [0.29, 0.717) is 12.2 Å². The molecule has 3 nitrogen and oxygen atoms in total. The number of benzene rings is 1. The highest BCUT2D eigenvalue weighted by atomic mass is 19.1. The van der Waals surface area contributed by atoms with Crippen LogP contribution < -0.4 is 0 Å². The number of carbonyl (C=O) groups is 1. The van der Waals surface area contributed by atoms with E-state index in [1.165, 1.54) is 6.07 Å². The van der Waals surface area contributed by atoms with Crippen LogP contribution in [0.2, 0.25) is 0 Å². The van der Waals surface area contributed by atoms with Crippen molar-refractivity contribution in [2.75, 3.05) is 0 Å². The summed E-state index contributed by atoms with van der Waals surface area (Å²) in [4.78, 5) is 10.8. The Kier molecular flexibility index (Phi) is 2.62. The summed E-state index contributed by atoms with van der Waals surface area (Å²) in [5, 5.41) is 8.84. The van der Waals surface area contributed by atoms with Gasteiger partial charge in [-0.2, -0.15) is 0 Å². The van der Waals surface area contributed by atoms with Crippen LogP contribution in [0.15, 0.2) is 34.7 Å². The summed E-state index contributed by atoms with van der Waals surface area (Å²) < 4.78 is 31.9. The molecular weight excluding hydrogens is 254 g/mol. The van der Waals surface area contributed by atoms with E-state index in [2.05, 4.69) is 0 Å². The zero-order valence-electron chi connectivity index (χ0n) is 9.77. The molecule has 0 aliphatic heterocycles. The second-order valence-corrected chi connectivity index (χ2v) is 4.61. The van der Waals surface area contributed by atoms with E-state index in [0.717, 1.165) is 12.1 Å². The predicted octanol–water partition coefficient (Wildman–Crippen LogP) is 3.41. The van der Waals surface area contributed by atoms with Crippen LogP contribution in [-0.4, -0.2) is 11.1 Å². The van der Waals surface area contributed by atoms with Crippen LogP contribution in [0, 0.1) is 17.6 Å². The predicted molar refractivity (Wildman–Crippen MR) is 62.5 cm³/mol. The molecule has 1 aliphatic carbocycles. The zero-order valence-corrected chi connectivity index (χ0v) is 9.77. The van der Waals surface area contributed by atoms with E-state index in [-0.39, 0.29) is 17.2 Å². The maximum atomic E-state index is 13.6. The topological polar surface area (TPSA) is 50.4 Å². The van der Waals surface area contributed by atoms with E-state index in [9.17, 15) is 13.6 Å². The smallest absolute Gasteiger partial charge is 0.307 e. The van der Waals surface area contributed by atoms with Gasteiger partial charge in [0.25, 0.3) is 0 Å². The molecule has 2 aromatic rings. The minimum atomic E-state index is -0.851. The van der Waals surface area contributed by atoms with Crippen LogP contribution in [0.1, 0.15) is 18.1 Å². The average molecular weight is 264 g/mol. The molecule has 1 N–H and O–H groups in total. The van der Waals surface area contributed by atoms with Crippen molar-refractivity contribution in [1.29, 1.82) is 0 Å². The Labute approximate surface area is 107 Å². The Balaban J connectivity index is 1.88. The van der Waals surface area contributed by atoms with Crippen LogP contribution >= 0.6 is 0 Å². The maximum Gasteiger partial charge on any atom is 0.307 e. The second kappa shape index (κ2) is 4.19. The first-order valence-corrected chi connectivity index (χ1v) is 5.84. The van der Waals surface area contributed by atoms with Crippen LogP contribution in [-0.2, 0) is 4.79 Å². The van der Waals surface area contributed by atoms with Gasteiger partial charge < -0.3 is 9.52 Å². The first-order valence-electron chi connectivity index (χ1n) is 5.84. The number of carboxylic acids is 1. The van der Waals surface area contributed by atoms with E-state index < -0.39 is 23.5 Å². The summed E-state index contributed by atoms with van der Waals surface area (Å²) in [5.41, 5.74) is 0.167. The first kappa shape index (κ1) is 11.9. The van der Waals surface area contributed by atoms with E-state index >= 15 is 0 Å². The number of aliphatic carboxylic acids is 1. The summed E-state index contributed by atoms with van der Waals surface area (Å²) in [6.07, 6.45) is 0.536. The Morgan fingerprint density at radius 3 is 2.68 bits per heavy atom. The van der Waals surface area contributed by atoms with Gasteiger partial charge in [-0.3, -0.25) is 4.79 Å². The van der Waals surface area contributed by atoms with Gasteiger partial charge in [0.2, 0.25) is 0 Å². The lowest BCUT2D eigenvalue weighted by molar-refractivity contribution is -0.138. The van der Waals surface area contributed by atoms with Gasteiger partial charge in [-0.15, -0.1) is 0 Å². The number of rotatable bonds is 3. The molecule has 0 spiro atoms. The summed E-state index contributed by atoms with van der Waals surface area (Å²) in [6.45, 7) is 0. The van der Waals surface area contributed by atoms with E-state index in [1.807, 2.05) is 0 Å². The van der Waals surface area contributed by atoms with Gasteiger partial charge in [0.1, 0.15) is 23.2 Å². The molecule has 1 aromatic heterocycles. The van der Waals surface area contributed by atoms with Crippen molar-refractivity contribution in [3.05, 3.63) is 47.7 Å². The molecule has 0 amide bonds. The van der Waals surface area contributed by atoms with Gasteiger partial charge in [0.15, 0.2) is 0 Å². The van der Waals surface area contributed by atoms with Crippen molar-refractivity contribution in [2.24, 2.45) is 5.92 Å². The lowest BCUT2D eigenvalue weighted by Crippen LogP contribution is -1.98. The Morgan fingerprint density at radius 2 is 2.05 bits per heavy atom. The fourth-order valence-corrected chi connectivity index (χ4v) is 2.17. The van der Waals surface area contributed by atoms with Crippen LogP contribution in [0.5, 0.6) is 0 Å². The van der Waals surface area contributed by atoms with Crippen LogP contribution in [0.25, 0.3) is 11.3 Å². The lowest BCUT2D eigenvalue weighted by atomic mass is 10.1. The average Bonchev–Trinajstić information content (AvgIpc) is 3.01. The molecule has 98 valence electrons. The number of furan rings is 1. The van der Waals surface area contributed by atoms with Crippen molar-refractivity contribution >= 4 is 5.97 Å². The second-order valence-electron chi connectivity index (χ2n) is 4.61. The molecule has 1 saturated carbocycles.